The highest BCUT2D eigenvalue weighted by Crippen LogP contribution is 2.21. The summed E-state index contributed by atoms with van der Waals surface area (Å²) in [5, 5.41) is 0.503. The van der Waals surface area contributed by atoms with E-state index in [0.717, 1.165) is 10.2 Å². The Morgan fingerprint density at radius 2 is 2.14 bits per heavy atom. The third kappa shape index (κ3) is 1.92. The van der Waals surface area contributed by atoms with E-state index < -0.39 is 0 Å². The van der Waals surface area contributed by atoms with Crippen LogP contribution in [0.5, 0.6) is 0 Å². The number of carbonyl (C=O) groups excluding carboxylic acids is 1. The number of para-hydroxylation sites is 1. The van der Waals surface area contributed by atoms with Crippen LogP contribution in [0.2, 0.25) is 0 Å². The minimum Gasteiger partial charge on any atom is -0.324 e. The van der Waals surface area contributed by atoms with Crippen molar-refractivity contribution in [2.24, 2.45) is 5.73 Å². The van der Waals surface area contributed by atoms with Crippen LogP contribution < -0.4 is 5.73 Å². The minimum atomic E-state index is -0.0961. The van der Waals surface area contributed by atoms with E-state index in [2.05, 4.69) is 4.98 Å². The van der Waals surface area contributed by atoms with Crippen LogP contribution in [0.4, 0.5) is 0 Å². The molecule has 0 atom stereocenters. The lowest BCUT2D eigenvalue weighted by Gasteiger charge is -1.85. The molecule has 3 nitrogen and oxygen atoms in total. The molecule has 2 N–H and O–H groups in total. The third-order valence-corrected chi connectivity index (χ3v) is 2.80. The molecule has 5 heteroatoms. The molecule has 0 radical (unpaired) electrons. The van der Waals surface area contributed by atoms with E-state index in [1.54, 1.807) is 0 Å². The van der Waals surface area contributed by atoms with E-state index in [9.17, 15) is 4.79 Å². The van der Waals surface area contributed by atoms with Gasteiger partial charge in [0.25, 0.3) is 0 Å². The fourth-order valence-electron chi connectivity index (χ4n) is 1.08. The Balaban J connectivity index is 0.000000980. The molecule has 74 valence electrons. The Kier molecular flexibility index (Phi) is 3.57. The second-order valence-electron chi connectivity index (χ2n) is 2.61. The van der Waals surface area contributed by atoms with Gasteiger partial charge in [0, 0.05) is 0 Å². The zero-order valence-corrected chi connectivity index (χ0v) is 8.90. The quantitative estimate of drug-likeness (QED) is 0.799. The first-order valence-electron chi connectivity index (χ1n) is 3.90. The number of thiazole rings is 1. The molecule has 0 spiro atoms. The summed E-state index contributed by atoms with van der Waals surface area (Å²) < 4.78 is 1.03. The number of nitrogens with two attached hydrogens (primary N) is 1. The van der Waals surface area contributed by atoms with Crippen LogP contribution in [-0.2, 0) is 0 Å². The summed E-state index contributed by atoms with van der Waals surface area (Å²) in [6, 6.07) is 7.66. The maximum absolute atomic E-state index is 11.2. The summed E-state index contributed by atoms with van der Waals surface area (Å²) in [7, 11) is 0. The van der Waals surface area contributed by atoms with Crippen molar-refractivity contribution in [3.05, 3.63) is 29.3 Å². The molecule has 0 aliphatic heterocycles. The second-order valence-corrected chi connectivity index (χ2v) is 3.64. The Labute approximate surface area is 91.4 Å². The highest BCUT2D eigenvalue weighted by atomic mass is 35.5. The van der Waals surface area contributed by atoms with Gasteiger partial charge in [0.2, 0.25) is 5.78 Å². The predicted octanol–water partition coefficient (Wildman–Crippen LogP) is 1.86. The van der Waals surface area contributed by atoms with E-state index in [0.29, 0.717) is 5.01 Å². The molecule has 0 fully saturated rings. The molecule has 0 bridgehead atoms. The maximum atomic E-state index is 11.2. The van der Waals surface area contributed by atoms with Crippen molar-refractivity contribution in [3.8, 4) is 0 Å². The average Bonchev–Trinajstić information content (AvgIpc) is 2.59. The van der Waals surface area contributed by atoms with Crippen LogP contribution >= 0.6 is 23.7 Å². The number of fused-ring (bicyclic) bond motifs is 1. The molecule has 2 aromatic rings. The lowest BCUT2D eigenvalue weighted by atomic mass is 10.3. The number of ketones is 1. The molecular formula is C9H9ClN2OS. The Bertz CT molecular complexity index is 422. The largest absolute Gasteiger partial charge is 0.324 e. The van der Waals surface area contributed by atoms with Gasteiger partial charge in [-0.1, -0.05) is 12.1 Å². The molecule has 0 aliphatic rings. The van der Waals surface area contributed by atoms with Crippen molar-refractivity contribution in [2.75, 3.05) is 6.54 Å². The van der Waals surface area contributed by atoms with E-state index in [4.69, 9.17) is 5.73 Å². The van der Waals surface area contributed by atoms with Crippen LogP contribution in [0.3, 0.4) is 0 Å². The van der Waals surface area contributed by atoms with Crippen LogP contribution in [-0.4, -0.2) is 17.3 Å². The van der Waals surface area contributed by atoms with Gasteiger partial charge in [0.1, 0.15) is 0 Å². The first-order valence-corrected chi connectivity index (χ1v) is 4.72. The van der Waals surface area contributed by atoms with Crippen LogP contribution in [0.25, 0.3) is 10.2 Å². The van der Waals surface area contributed by atoms with Gasteiger partial charge in [-0.3, -0.25) is 4.79 Å². The van der Waals surface area contributed by atoms with E-state index in [1.807, 2.05) is 24.3 Å². The molecule has 0 saturated carbocycles. The summed E-state index contributed by atoms with van der Waals surface area (Å²) in [5.74, 6) is -0.0961. The smallest absolute Gasteiger partial charge is 0.204 e. The molecule has 14 heavy (non-hydrogen) atoms. The van der Waals surface area contributed by atoms with E-state index in [1.165, 1.54) is 11.3 Å². The van der Waals surface area contributed by atoms with Crippen molar-refractivity contribution in [3.63, 3.8) is 0 Å². The SMILES string of the molecule is Cl.NCC(=O)c1nc2ccccc2s1. The molecule has 0 saturated heterocycles. The number of hydrogen-bond acceptors (Lipinski definition) is 4. The number of nitrogens with zero attached hydrogens (tertiary/aromatic N) is 1. The monoisotopic (exact) mass is 228 g/mol. The summed E-state index contributed by atoms with van der Waals surface area (Å²) in [5.41, 5.74) is 6.11. The van der Waals surface area contributed by atoms with Crippen molar-refractivity contribution < 1.29 is 4.79 Å². The van der Waals surface area contributed by atoms with Gasteiger partial charge in [-0.2, -0.15) is 0 Å². The molecule has 0 amide bonds. The molecule has 2 rings (SSSR count). The number of benzene rings is 1. The molecule has 1 heterocycles. The average molecular weight is 229 g/mol. The first-order chi connectivity index (χ1) is 6.31. The van der Waals surface area contributed by atoms with E-state index in [-0.39, 0.29) is 24.7 Å². The van der Waals surface area contributed by atoms with Crippen molar-refractivity contribution in [1.82, 2.24) is 4.98 Å². The fraction of sp³-hybridized carbons (Fsp3) is 0.111. The highest BCUT2D eigenvalue weighted by molar-refractivity contribution is 7.20. The summed E-state index contributed by atoms with van der Waals surface area (Å²) in [6.07, 6.45) is 0. The number of hydrogen-bond donors (Lipinski definition) is 1. The van der Waals surface area contributed by atoms with Gasteiger partial charge in [-0.15, -0.1) is 23.7 Å². The topological polar surface area (TPSA) is 56.0 Å². The molecular weight excluding hydrogens is 220 g/mol. The zero-order chi connectivity index (χ0) is 9.26. The normalized spacial score (nSPS) is 9.79. The Morgan fingerprint density at radius 1 is 1.43 bits per heavy atom. The standard InChI is InChI=1S/C9H8N2OS.ClH/c10-5-7(12)9-11-6-3-1-2-4-8(6)13-9;/h1-4H,5,10H2;1H. The number of aromatic nitrogens is 1. The van der Waals surface area contributed by atoms with Gasteiger partial charge in [0.05, 0.1) is 16.8 Å². The predicted molar refractivity (Wildman–Crippen MR) is 60.3 cm³/mol. The van der Waals surface area contributed by atoms with Crippen LogP contribution in [0.15, 0.2) is 24.3 Å². The maximum Gasteiger partial charge on any atom is 0.204 e. The van der Waals surface area contributed by atoms with Crippen LogP contribution in [0, 0.1) is 0 Å². The Morgan fingerprint density at radius 3 is 2.79 bits per heavy atom. The minimum absolute atomic E-state index is 0. The number of Topliss-reactive ketones (excluding diaryl/α,β-unsaturated/α-hetero) is 1. The fourth-order valence-corrected chi connectivity index (χ4v) is 1.99. The molecule has 1 aromatic heterocycles. The lowest BCUT2D eigenvalue weighted by Crippen LogP contribution is -2.12. The zero-order valence-electron chi connectivity index (χ0n) is 7.27. The van der Waals surface area contributed by atoms with Gasteiger partial charge in [-0.05, 0) is 12.1 Å². The second kappa shape index (κ2) is 4.50. The van der Waals surface area contributed by atoms with E-state index >= 15 is 0 Å². The van der Waals surface area contributed by atoms with Gasteiger partial charge in [-0.25, -0.2) is 4.98 Å². The molecule has 1 aromatic carbocycles. The summed E-state index contributed by atoms with van der Waals surface area (Å²) >= 11 is 1.39. The summed E-state index contributed by atoms with van der Waals surface area (Å²) in [4.78, 5) is 15.4. The number of carbonyl (C=O) groups is 1. The lowest BCUT2D eigenvalue weighted by molar-refractivity contribution is 0.100. The van der Waals surface area contributed by atoms with Gasteiger partial charge < -0.3 is 5.73 Å². The molecule has 0 aliphatic carbocycles. The van der Waals surface area contributed by atoms with Crippen molar-refractivity contribution in [2.45, 2.75) is 0 Å². The first kappa shape index (κ1) is 11.1. The van der Waals surface area contributed by atoms with Crippen LogP contribution in [0.1, 0.15) is 9.80 Å². The van der Waals surface area contributed by atoms with Crippen molar-refractivity contribution >= 4 is 39.7 Å². The number of rotatable bonds is 2. The third-order valence-electron chi connectivity index (χ3n) is 1.72. The number of halogens is 1. The van der Waals surface area contributed by atoms with Gasteiger partial charge >= 0.3 is 0 Å². The molecule has 0 unspecified atom stereocenters. The Hall–Kier alpha value is -0.970. The van der Waals surface area contributed by atoms with Crippen molar-refractivity contribution in [1.29, 1.82) is 0 Å². The van der Waals surface area contributed by atoms with Gasteiger partial charge in [0.15, 0.2) is 5.01 Å². The highest BCUT2D eigenvalue weighted by Gasteiger charge is 2.09. The summed E-state index contributed by atoms with van der Waals surface area (Å²) in [6.45, 7) is 0.0276.